The molecule has 26 heavy (non-hydrogen) atoms. The molecule has 0 atom stereocenters. The summed E-state index contributed by atoms with van der Waals surface area (Å²) in [5.74, 6) is 0.400. The van der Waals surface area contributed by atoms with Crippen molar-refractivity contribution in [1.82, 2.24) is 0 Å². The molecule has 1 N–H and O–H groups in total. The van der Waals surface area contributed by atoms with Crippen LogP contribution in [0.15, 0.2) is 51.8 Å². The van der Waals surface area contributed by atoms with Crippen molar-refractivity contribution < 1.29 is 17.9 Å². The normalized spacial score (nSPS) is 16.5. The highest BCUT2D eigenvalue weighted by atomic mass is 79.9. The summed E-state index contributed by atoms with van der Waals surface area (Å²) in [6.07, 6.45) is 0. The molecule has 1 amide bonds. The van der Waals surface area contributed by atoms with Crippen LogP contribution in [0.2, 0.25) is 0 Å². The van der Waals surface area contributed by atoms with Gasteiger partial charge in [0.05, 0.1) is 16.8 Å². The second kappa shape index (κ2) is 6.59. The number of nitrogens with zero attached hydrogens (tertiary/aromatic N) is 1. The number of benzene rings is 2. The maximum atomic E-state index is 12.6. The number of ether oxygens (including phenoxy) is 1. The number of nitrogens with one attached hydrogen (secondary N) is 1. The highest BCUT2D eigenvalue weighted by molar-refractivity contribution is 9.10. The van der Waals surface area contributed by atoms with Crippen molar-refractivity contribution >= 4 is 43.2 Å². The topological polar surface area (TPSA) is 75.7 Å². The van der Waals surface area contributed by atoms with Crippen LogP contribution < -0.4 is 14.4 Å². The predicted molar refractivity (Wildman–Crippen MR) is 104 cm³/mol. The molecular formula is C18H19BrN2O4S. The Morgan fingerprint density at radius 2 is 1.88 bits per heavy atom. The zero-order valence-electron chi connectivity index (χ0n) is 14.6. The van der Waals surface area contributed by atoms with Gasteiger partial charge < -0.3 is 9.64 Å². The lowest BCUT2D eigenvalue weighted by molar-refractivity contribution is -0.127. The van der Waals surface area contributed by atoms with Crippen molar-refractivity contribution in [2.75, 3.05) is 23.3 Å². The molecular weight excluding hydrogens is 420 g/mol. The minimum Gasteiger partial charge on any atom is -0.490 e. The van der Waals surface area contributed by atoms with E-state index in [2.05, 4.69) is 20.7 Å². The van der Waals surface area contributed by atoms with E-state index in [-0.39, 0.29) is 17.4 Å². The maximum absolute atomic E-state index is 12.6. The Bertz CT molecular complexity index is 973. The van der Waals surface area contributed by atoms with Crippen molar-refractivity contribution in [3.8, 4) is 5.75 Å². The molecule has 2 aromatic carbocycles. The van der Waals surface area contributed by atoms with Crippen molar-refractivity contribution in [2.24, 2.45) is 5.41 Å². The van der Waals surface area contributed by atoms with Crippen LogP contribution in [0.5, 0.6) is 5.75 Å². The first kappa shape index (κ1) is 18.7. The summed E-state index contributed by atoms with van der Waals surface area (Å²) in [6, 6.07) is 11.5. The summed E-state index contributed by atoms with van der Waals surface area (Å²) in [5.41, 5.74) is 0.298. The van der Waals surface area contributed by atoms with Gasteiger partial charge in [-0.3, -0.25) is 9.52 Å². The second-order valence-corrected chi connectivity index (χ2v) is 9.26. The van der Waals surface area contributed by atoms with E-state index < -0.39 is 15.4 Å². The van der Waals surface area contributed by atoms with Crippen molar-refractivity contribution in [2.45, 2.75) is 18.7 Å². The summed E-state index contributed by atoms with van der Waals surface area (Å²) in [4.78, 5) is 14.2. The molecule has 0 aromatic heterocycles. The summed E-state index contributed by atoms with van der Waals surface area (Å²) in [6.45, 7) is 3.84. The third-order valence-corrected chi connectivity index (χ3v) is 6.57. The lowest BCUT2D eigenvalue weighted by atomic mass is 9.93. The van der Waals surface area contributed by atoms with E-state index in [1.54, 1.807) is 43.4 Å². The van der Waals surface area contributed by atoms with Crippen LogP contribution in [-0.4, -0.2) is 28.0 Å². The molecule has 6 nitrogen and oxygen atoms in total. The molecule has 0 saturated heterocycles. The van der Waals surface area contributed by atoms with Crippen molar-refractivity contribution in [3.05, 3.63) is 46.9 Å². The van der Waals surface area contributed by atoms with E-state index in [9.17, 15) is 13.2 Å². The molecule has 3 rings (SSSR count). The molecule has 138 valence electrons. The van der Waals surface area contributed by atoms with Gasteiger partial charge >= 0.3 is 0 Å². The minimum atomic E-state index is -3.76. The first-order valence-electron chi connectivity index (χ1n) is 7.94. The number of sulfonamides is 1. The summed E-state index contributed by atoms with van der Waals surface area (Å²) in [5, 5.41) is 0. The van der Waals surface area contributed by atoms with Crippen LogP contribution in [0.1, 0.15) is 13.8 Å². The molecule has 2 aromatic rings. The molecule has 0 radical (unpaired) electrons. The Kier molecular flexibility index (Phi) is 4.74. The fraction of sp³-hybridized carbons (Fsp3) is 0.278. The van der Waals surface area contributed by atoms with E-state index >= 15 is 0 Å². The smallest absolute Gasteiger partial charge is 0.263 e. The second-order valence-electron chi connectivity index (χ2n) is 6.76. The SMILES string of the molecule is CN1C(=O)C(C)(C)COc2cc(NS(=O)(=O)c3ccccc3Br)ccc21. The molecule has 0 fully saturated rings. The molecule has 0 aliphatic carbocycles. The molecule has 0 bridgehead atoms. The average molecular weight is 439 g/mol. The van der Waals surface area contributed by atoms with E-state index in [1.165, 1.54) is 11.0 Å². The molecule has 0 spiro atoms. The number of hydrogen-bond donors (Lipinski definition) is 1. The third kappa shape index (κ3) is 3.43. The Balaban J connectivity index is 1.95. The monoisotopic (exact) mass is 438 g/mol. The number of halogens is 1. The Labute approximate surface area is 161 Å². The zero-order valence-corrected chi connectivity index (χ0v) is 17.0. The van der Waals surface area contributed by atoms with E-state index in [0.717, 1.165) is 0 Å². The van der Waals surface area contributed by atoms with Gasteiger partial charge in [-0.25, -0.2) is 8.42 Å². The van der Waals surface area contributed by atoms with Crippen LogP contribution in [0.25, 0.3) is 0 Å². The fourth-order valence-electron chi connectivity index (χ4n) is 2.73. The predicted octanol–water partition coefficient (Wildman–Crippen LogP) is 3.63. The standard InChI is InChI=1S/C18H19BrN2O4S/c1-18(2)11-25-15-10-12(8-9-14(15)21(3)17(18)22)20-26(23,24)16-7-5-4-6-13(16)19/h4-10,20H,11H2,1-3H3. The summed E-state index contributed by atoms with van der Waals surface area (Å²) in [7, 11) is -2.08. The van der Waals surface area contributed by atoms with Gasteiger partial charge in [0.1, 0.15) is 17.3 Å². The molecule has 0 saturated carbocycles. The van der Waals surface area contributed by atoms with Gasteiger partial charge in [-0.2, -0.15) is 0 Å². The number of carbonyl (C=O) groups is 1. The van der Waals surface area contributed by atoms with Gasteiger partial charge in [-0.1, -0.05) is 12.1 Å². The zero-order chi connectivity index (χ0) is 19.1. The first-order chi connectivity index (χ1) is 12.1. The quantitative estimate of drug-likeness (QED) is 0.793. The number of fused-ring (bicyclic) bond motifs is 1. The van der Waals surface area contributed by atoms with Gasteiger partial charge in [-0.05, 0) is 54.0 Å². The highest BCUT2D eigenvalue weighted by Crippen LogP contribution is 2.37. The first-order valence-corrected chi connectivity index (χ1v) is 10.2. The number of anilines is 2. The highest BCUT2D eigenvalue weighted by Gasteiger charge is 2.36. The molecule has 8 heteroatoms. The van der Waals surface area contributed by atoms with Gasteiger partial charge in [0.25, 0.3) is 10.0 Å². The van der Waals surface area contributed by atoms with E-state index in [4.69, 9.17) is 4.74 Å². The average Bonchev–Trinajstić information content (AvgIpc) is 2.66. The van der Waals surface area contributed by atoms with Gasteiger partial charge in [0.2, 0.25) is 5.91 Å². The fourth-order valence-corrected chi connectivity index (χ4v) is 4.78. The van der Waals surface area contributed by atoms with Crippen molar-refractivity contribution in [3.63, 3.8) is 0 Å². The summed E-state index contributed by atoms with van der Waals surface area (Å²) >= 11 is 3.25. The van der Waals surface area contributed by atoms with Crippen LogP contribution in [0.4, 0.5) is 11.4 Å². The largest absolute Gasteiger partial charge is 0.490 e. The van der Waals surface area contributed by atoms with Crippen molar-refractivity contribution in [1.29, 1.82) is 0 Å². The minimum absolute atomic E-state index is 0.0576. The number of rotatable bonds is 3. The Morgan fingerprint density at radius 1 is 1.19 bits per heavy atom. The lowest BCUT2D eigenvalue weighted by Gasteiger charge is -2.24. The van der Waals surface area contributed by atoms with Gasteiger partial charge in [0, 0.05) is 17.6 Å². The van der Waals surface area contributed by atoms with Crippen LogP contribution in [0.3, 0.4) is 0 Å². The van der Waals surface area contributed by atoms with Crippen LogP contribution >= 0.6 is 15.9 Å². The third-order valence-electron chi connectivity index (χ3n) is 4.17. The lowest BCUT2D eigenvalue weighted by Crippen LogP contribution is -2.39. The molecule has 1 heterocycles. The number of carbonyl (C=O) groups excluding carboxylic acids is 1. The maximum Gasteiger partial charge on any atom is 0.263 e. The van der Waals surface area contributed by atoms with Gasteiger partial charge in [-0.15, -0.1) is 0 Å². The number of hydrogen-bond acceptors (Lipinski definition) is 4. The van der Waals surface area contributed by atoms with E-state index in [0.29, 0.717) is 21.6 Å². The molecule has 1 aliphatic rings. The summed E-state index contributed by atoms with van der Waals surface area (Å²) < 4.78 is 34.1. The Hall–Kier alpha value is -2.06. The molecule has 0 unspecified atom stereocenters. The molecule has 1 aliphatic heterocycles. The number of amides is 1. The van der Waals surface area contributed by atoms with Crippen LogP contribution in [0, 0.1) is 5.41 Å². The van der Waals surface area contributed by atoms with Crippen LogP contribution in [-0.2, 0) is 14.8 Å². The van der Waals surface area contributed by atoms with Gasteiger partial charge in [0.15, 0.2) is 0 Å². The van der Waals surface area contributed by atoms with E-state index in [1.807, 2.05) is 13.8 Å². The Morgan fingerprint density at radius 3 is 2.58 bits per heavy atom.